The third kappa shape index (κ3) is 12.2. The number of esters is 7. The Morgan fingerprint density at radius 3 is 1.40 bits per heavy atom. The summed E-state index contributed by atoms with van der Waals surface area (Å²) in [6.45, 7) is -5.28. The SMILES string of the molecule is [2H]CC(=O)OC[C@H]1OC(O[C@H]2[C@H](OC(=O)C[2H])[C@@H](OC(=O)C[2H])C(OCC=C)O[C@@H]2COC(=O)C[2H])[C@H](OC(=O)C[2H])[C@@H](OC(=O)C[2H])[C@@H]1OC(=O)C[2H]. The lowest BCUT2D eigenvalue weighted by Gasteiger charge is -2.48. The molecule has 0 aliphatic carbocycles. The third-order valence-electron chi connectivity index (χ3n) is 6.01. The standard InChI is InChI=1S/C29H40O18/c1-9-10-37-28-26(43-18(7)35)25(42-17(6)34)23(21(45-28)12-39-14(3)31)47-29-27(44-19(8)36)24(41-16(5)33)22(40-15(4)32)20(46-29)11-38-13(2)30/h9,20-29H,1,10-12H2,2-8H3/t20-,21-,22-,23-,24+,25+,26-,27-,28?,29?/m1/s1/i2D,3D,4D,5D,6D,7D,8D. The van der Waals surface area contributed by atoms with Gasteiger partial charge in [-0.2, -0.15) is 0 Å². The van der Waals surface area contributed by atoms with E-state index in [4.69, 9.17) is 61.7 Å². The zero-order valence-electron chi connectivity index (χ0n) is 32.0. The average Bonchev–Trinajstić information content (AvgIpc) is 3.18. The molecule has 0 amide bonds. The third-order valence-corrected chi connectivity index (χ3v) is 6.01. The van der Waals surface area contributed by atoms with E-state index in [1.165, 1.54) is 6.08 Å². The molecule has 47 heavy (non-hydrogen) atoms. The van der Waals surface area contributed by atoms with Gasteiger partial charge in [-0.1, -0.05) is 6.08 Å². The van der Waals surface area contributed by atoms with Gasteiger partial charge in [0.25, 0.3) is 0 Å². The lowest BCUT2D eigenvalue weighted by atomic mass is 9.96. The molecule has 0 bridgehead atoms. The van der Waals surface area contributed by atoms with Crippen molar-refractivity contribution in [3.63, 3.8) is 0 Å². The first kappa shape index (κ1) is 29.0. The van der Waals surface area contributed by atoms with Gasteiger partial charge in [0.15, 0.2) is 43.1 Å². The molecule has 0 aromatic rings. The number of rotatable bonds is 14. The van der Waals surface area contributed by atoms with E-state index in [1.54, 1.807) is 0 Å². The second-order valence-electron chi connectivity index (χ2n) is 9.45. The summed E-state index contributed by atoms with van der Waals surface area (Å²) in [7, 11) is 0. The molecular weight excluding hydrogens is 636 g/mol. The summed E-state index contributed by atoms with van der Waals surface area (Å²) in [4.78, 5) is 86.6. The van der Waals surface area contributed by atoms with Crippen molar-refractivity contribution in [1.29, 1.82) is 0 Å². The Labute approximate surface area is 279 Å². The van der Waals surface area contributed by atoms with E-state index in [9.17, 15) is 33.6 Å². The molecule has 18 heteroatoms. The second kappa shape index (κ2) is 18.3. The van der Waals surface area contributed by atoms with Crippen LogP contribution in [-0.2, 0) is 85.7 Å². The second-order valence-corrected chi connectivity index (χ2v) is 9.45. The summed E-state index contributed by atoms with van der Waals surface area (Å²) in [6.07, 6.45) is -17.5. The Balaban J connectivity index is 2.84. The Bertz CT molecular complexity index is 1310. The number of hydrogen-bond donors (Lipinski definition) is 0. The van der Waals surface area contributed by atoms with Crippen LogP contribution in [0, 0.1) is 0 Å². The van der Waals surface area contributed by atoms with E-state index >= 15 is 0 Å². The van der Waals surface area contributed by atoms with Gasteiger partial charge in [-0.25, -0.2) is 0 Å². The van der Waals surface area contributed by atoms with Crippen molar-refractivity contribution in [2.24, 2.45) is 0 Å². The van der Waals surface area contributed by atoms with Crippen molar-refractivity contribution in [2.45, 2.75) is 110 Å². The van der Waals surface area contributed by atoms with E-state index in [0.717, 1.165) is 0 Å². The molecule has 2 heterocycles. The molecule has 0 aromatic carbocycles. The highest BCUT2D eigenvalue weighted by Gasteiger charge is 2.57. The zero-order chi connectivity index (χ0) is 40.4. The molecule has 2 saturated heterocycles. The largest absolute Gasteiger partial charge is 0.463 e. The van der Waals surface area contributed by atoms with Gasteiger partial charge in [0, 0.05) is 57.9 Å². The number of carbonyl (C=O) groups excluding carboxylic acids is 7. The van der Waals surface area contributed by atoms with Crippen LogP contribution in [0.1, 0.15) is 57.9 Å². The van der Waals surface area contributed by atoms with E-state index in [0.29, 0.717) is 0 Å². The zero-order valence-corrected chi connectivity index (χ0v) is 25.0. The quantitative estimate of drug-likeness (QED) is 0.131. The van der Waals surface area contributed by atoms with Crippen LogP contribution < -0.4 is 0 Å². The predicted octanol–water partition coefficient (Wildman–Crippen LogP) is -0.191. The van der Waals surface area contributed by atoms with Gasteiger partial charge in [0.05, 0.1) is 6.61 Å². The minimum atomic E-state index is -2.13. The smallest absolute Gasteiger partial charge is 0.303 e. The molecule has 2 fully saturated rings. The lowest BCUT2D eigenvalue weighted by molar-refractivity contribution is -0.360. The minimum Gasteiger partial charge on any atom is -0.463 e. The van der Waals surface area contributed by atoms with E-state index in [1.807, 2.05) is 0 Å². The highest BCUT2D eigenvalue weighted by atomic mass is 16.8. The first-order valence-corrected chi connectivity index (χ1v) is 13.3. The van der Waals surface area contributed by atoms with Crippen molar-refractivity contribution in [2.75, 3.05) is 19.8 Å². The first-order chi connectivity index (χ1) is 25.8. The van der Waals surface area contributed by atoms with Gasteiger partial charge in [0.2, 0.25) is 0 Å². The maximum absolute atomic E-state index is 12.6. The molecule has 264 valence electrons. The summed E-state index contributed by atoms with van der Waals surface area (Å²) in [6, 6.07) is 0. The number of ether oxygens (including phenoxy) is 11. The van der Waals surface area contributed by atoms with Crippen molar-refractivity contribution in [1.82, 2.24) is 0 Å². The highest BCUT2D eigenvalue weighted by molar-refractivity contribution is 5.69. The molecule has 2 unspecified atom stereocenters. The lowest BCUT2D eigenvalue weighted by Crippen LogP contribution is -2.67. The van der Waals surface area contributed by atoms with Crippen LogP contribution in [-0.4, -0.2) is 123 Å². The van der Waals surface area contributed by atoms with Gasteiger partial charge in [-0.15, -0.1) is 6.58 Å². The van der Waals surface area contributed by atoms with Gasteiger partial charge in [0.1, 0.15) is 31.5 Å². The Hall–Kier alpha value is -4.13. The van der Waals surface area contributed by atoms with Gasteiger partial charge < -0.3 is 52.1 Å². The summed E-state index contributed by atoms with van der Waals surface area (Å²) < 4.78 is 112. The predicted molar refractivity (Wildman–Crippen MR) is 149 cm³/mol. The molecular formula is C29H40O18. The van der Waals surface area contributed by atoms with Crippen LogP contribution in [0.25, 0.3) is 0 Å². The summed E-state index contributed by atoms with van der Waals surface area (Å²) in [5.74, 6) is -8.51. The maximum Gasteiger partial charge on any atom is 0.303 e. The average molecular weight is 684 g/mol. The molecule has 18 nitrogen and oxygen atoms in total. The molecule has 0 spiro atoms. The minimum absolute atomic E-state index is 0.277. The molecule has 10 atom stereocenters. The van der Waals surface area contributed by atoms with Crippen LogP contribution in [0.5, 0.6) is 0 Å². The number of hydrogen-bond acceptors (Lipinski definition) is 18. The Morgan fingerprint density at radius 2 is 0.936 bits per heavy atom. The van der Waals surface area contributed by atoms with E-state index in [2.05, 4.69) is 6.58 Å². The molecule has 0 radical (unpaired) electrons. The fourth-order valence-electron chi connectivity index (χ4n) is 4.52. The summed E-state index contributed by atoms with van der Waals surface area (Å²) >= 11 is 0. The molecule has 2 rings (SSSR count). The van der Waals surface area contributed by atoms with Crippen LogP contribution in [0.2, 0.25) is 0 Å². The first-order valence-electron chi connectivity index (χ1n) is 18.3. The fourth-order valence-corrected chi connectivity index (χ4v) is 4.52. The topological polar surface area (TPSA) is 221 Å². The van der Waals surface area contributed by atoms with Gasteiger partial charge in [-0.3, -0.25) is 33.6 Å². The van der Waals surface area contributed by atoms with Crippen LogP contribution in [0.15, 0.2) is 12.7 Å². The van der Waals surface area contributed by atoms with Crippen molar-refractivity contribution in [3.8, 4) is 0 Å². The molecule has 0 aromatic heterocycles. The van der Waals surface area contributed by atoms with Crippen LogP contribution >= 0.6 is 0 Å². The Kier molecular flexibility index (Phi) is 11.3. The summed E-state index contributed by atoms with van der Waals surface area (Å²) in [5.41, 5.74) is 0. The van der Waals surface area contributed by atoms with Crippen molar-refractivity contribution in [3.05, 3.63) is 12.7 Å². The molecule has 2 aliphatic heterocycles. The van der Waals surface area contributed by atoms with Crippen molar-refractivity contribution < 1.29 is 95.3 Å². The highest BCUT2D eigenvalue weighted by Crippen LogP contribution is 2.35. The fraction of sp³-hybridized carbons (Fsp3) is 0.690. The van der Waals surface area contributed by atoms with Crippen LogP contribution in [0.3, 0.4) is 0 Å². The van der Waals surface area contributed by atoms with E-state index in [-0.39, 0.29) is 6.61 Å². The van der Waals surface area contributed by atoms with Gasteiger partial charge in [-0.05, 0) is 0 Å². The summed E-state index contributed by atoms with van der Waals surface area (Å²) in [5, 5.41) is 0. The molecule has 0 saturated carbocycles. The molecule has 2 aliphatic rings. The van der Waals surface area contributed by atoms with E-state index < -0.39 is 165 Å². The Morgan fingerprint density at radius 1 is 0.553 bits per heavy atom. The van der Waals surface area contributed by atoms with Crippen molar-refractivity contribution >= 4 is 41.8 Å². The molecule has 0 N–H and O–H groups in total. The number of carbonyl (C=O) groups is 7. The van der Waals surface area contributed by atoms with Gasteiger partial charge >= 0.3 is 41.8 Å². The monoisotopic (exact) mass is 683 g/mol. The maximum atomic E-state index is 12.6. The van der Waals surface area contributed by atoms with Crippen LogP contribution in [0.4, 0.5) is 0 Å². The normalized spacial score (nSPS) is 32.0.